The van der Waals surface area contributed by atoms with Gasteiger partial charge < -0.3 is 4.42 Å². The van der Waals surface area contributed by atoms with E-state index in [1.54, 1.807) is 0 Å². The van der Waals surface area contributed by atoms with Gasteiger partial charge in [-0.15, -0.1) is 0 Å². The molecule has 5 nitrogen and oxygen atoms in total. The highest BCUT2D eigenvalue weighted by atomic mass is 16.3. The van der Waals surface area contributed by atoms with Crippen LogP contribution in [-0.4, -0.2) is 19.5 Å². The third kappa shape index (κ3) is 3.66. The summed E-state index contributed by atoms with van der Waals surface area (Å²) < 4.78 is 8.33. The third-order valence-electron chi connectivity index (χ3n) is 9.03. The lowest BCUT2D eigenvalue weighted by Gasteiger charge is -2.11. The first-order valence-electron chi connectivity index (χ1n) is 15.4. The molecule has 0 atom stereocenters. The van der Waals surface area contributed by atoms with E-state index in [1.807, 2.05) is 72.8 Å². The predicted molar refractivity (Wildman–Crippen MR) is 186 cm³/mol. The Morgan fingerprint density at radius 3 is 1.91 bits per heavy atom. The summed E-state index contributed by atoms with van der Waals surface area (Å²) >= 11 is 0. The second kappa shape index (κ2) is 9.58. The van der Waals surface area contributed by atoms with Gasteiger partial charge >= 0.3 is 0 Å². The zero-order valence-corrected chi connectivity index (χ0v) is 24.6. The zero-order valence-electron chi connectivity index (χ0n) is 24.6. The molecule has 0 aliphatic carbocycles. The molecule has 0 unspecified atom stereocenters. The highest BCUT2D eigenvalue weighted by Crippen LogP contribution is 2.43. The Bertz CT molecular complexity index is 2690. The minimum atomic E-state index is 0.594. The number of hydrogen-bond donors (Lipinski definition) is 0. The van der Waals surface area contributed by atoms with E-state index in [0.717, 1.165) is 49.7 Å². The number of nitrogens with zero attached hydrogens (tertiary/aromatic N) is 4. The molecule has 0 spiro atoms. The summed E-state index contributed by atoms with van der Waals surface area (Å²) in [5.74, 6) is 1.87. The van der Waals surface area contributed by atoms with Crippen LogP contribution in [0.25, 0.3) is 94.4 Å². The Labute approximate surface area is 263 Å². The molecule has 46 heavy (non-hydrogen) atoms. The van der Waals surface area contributed by atoms with Gasteiger partial charge in [0, 0.05) is 32.7 Å². The normalized spacial score (nSPS) is 11.9. The van der Waals surface area contributed by atoms with Crippen molar-refractivity contribution in [3.05, 3.63) is 146 Å². The molecule has 0 saturated heterocycles. The van der Waals surface area contributed by atoms with Crippen LogP contribution < -0.4 is 0 Å². The number of aromatic nitrogens is 4. The molecule has 5 heteroatoms. The van der Waals surface area contributed by atoms with E-state index in [4.69, 9.17) is 19.4 Å². The summed E-state index contributed by atoms with van der Waals surface area (Å²) in [5, 5.41) is 7.02. The number of fused-ring (bicyclic) bond motifs is 3. The van der Waals surface area contributed by atoms with Crippen LogP contribution in [0.2, 0.25) is 0 Å². The summed E-state index contributed by atoms with van der Waals surface area (Å²) in [7, 11) is 0. The van der Waals surface area contributed by atoms with Crippen molar-refractivity contribution in [2.75, 3.05) is 0 Å². The van der Waals surface area contributed by atoms with Gasteiger partial charge in [0.25, 0.3) is 0 Å². The minimum Gasteiger partial charge on any atom is -0.456 e. The molecule has 10 rings (SSSR count). The van der Waals surface area contributed by atoms with Gasteiger partial charge in [-0.1, -0.05) is 115 Å². The summed E-state index contributed by atoms with van der Waals surface area (Å²) in [6, 6.07) is 50.3. The number of furan rings is 1. The number of para-hydroxylation sites is 1. The monoisotopic (exact) mass is 588 g/mol. The van der Waals surface area contributed by atoms with Crippen LogP contribution in [0.15, 0.2) is 150 Å². The molecule has 0 amide bonds. The van der Waals surface area contributed by atoms with Crippen LogP contribution in [0.1, 0.15) is 0 Å². The summed E-state index contributed by atoms with van der Waals surface area (Å²) in [6.07, 6.45) is 0. The maximum Gasteiger partial charge on any atom is 0.238 e. The molecular formula is C41H24N4O. The van der Waals surface area contributed by atoms with Gasteiger partial charge in [0.05, 0.1) is 11.0 Å². The predicted octanol–water partition coefficient (Wildman–Crippen LogP) is 10.5. The molecule has 0 saturated carbocycles. The third-order valence-corrected chi connectivity index (χ3v) is 9.03. The van der Waals surface area contributed by atoms with Crippen molar-refractivity contribution in [1.82, 2.24) is 19.5 Å². The second-order valence-corrected chi connectivity index (χ2v) is 11.7. The van der Waals surface area contributed by atoms with Crippen LogP contribution in [0.3, 0.4) is 0 Å². The fraction of sp³-hybridized carbons (Fsp3) is 0. The maximum atomic E-state index is 6.14. The van der Waals surface area contributed by atoms with Crippen molar-refractivity contribution >= 4 is 54.5 Å². The molecule has 0 radical (unpaired) electrons. The van der Waals surface area contributed by atoms with E-state index < -0.39 is 0 Å². The molecule has 214 valence electrons. The van der Waals surface area contributed by atoms with E-state index in [-0.39, 0.29) is 0 Å². The van der Waals surface area contributed by atoms with Gasteiger partial charge in [-0.2, -0.15) is 9.97 Å². The van der Waals surface area contributed by atoms with Crippen molar-refractivity contribution in [2.24, 2.45) is 0 Å². The lowest BCUT2D eigenvalue weighted by atomic mass is 9.94. The number of benzene rings is 7. The highest BCUT2D eigenvalue weighted by molar-refractivity contribution is 6.26. The van der Waals surface area contributed by atoms with Gasteiger partial charge in [-0.3, -0.25) is 4.57 Å². The van der Waals surface area contributed by atoms with Crippen LogP contribution in [0.4, 0.5) is 0 Å². The fourth-order valence-electron chi connectivity index (χ4n) is 6.95. The van der Waals surface area contributed by atoms with Crippen LogP contribution >= 0.6 is 0 Å². The van der Waals surface area contributed by atoms with Crippen molar-refractivity contribution in [1.29, 1.82) is 0 Å². The molecular weight excluding hydrogens is 564 g/mol. The van der Waals surface area contributed by atoms with Crippen LogP contribution in [0, 0.1) is 0 Å². The molecule has 7 aromatic carbocycles. The SMILES string of the molecule is c1ccc(-c2nc(-c3ccccc3)nc(-n3c4cccc5ccc6c(-c7ccc8oc9ccccc9c8c7)ccc3c6c54)n2)cc1. The summed E-state index contributed by atoms with van der Waals surface area (Å²) in [4.78, 5) is 15.1. The molecule has 3 aromatic heterocycles. The van der Waals surface area contributed by atoms with E-state index in [1.165, 1.54) is 27.1 Å². The van der Waals surface area contributed by atoms with Gasteiger partial charge in [0.1, 0.15) is 11.2 Å². The van der Waals surface area contributed by atoms with E-state index in [2.05, 4.69) is 77.4 Å². The second-order valence-electron chi connectivity index (χ2n) is 11.7. The van der Waals surface area contributed by atoms with Crippen molar-refractivity contribution < 1.29 is 4.42 Å². The molecule has 0 bridgehead atoms. The first-order chi connectivity index (χ1) is 22.8. The quantitative estimate of drug-likeness (QED) is 0.192. The van der Waals surface area contributed by atoms with Crippen LogP contribution in [-0.2, 0) is 0 Å². The lowest BCUT2D eigenvalue weighted by molar-refractivity contribution is 0.669. The Hall–Kier alpha value is -6.33. The Morgan fingerprint density at radius 1 is 0.435 bits per heavy atom. The highest BCUT2D eigenvalue weighted by Gasteiger charge is 2.22. The summed E-state index contributed by atoms with van der Waals surface area (Å²) in [5.41, 5.74) is 8.14. The average molecular weight is 589 g/mol. The molecule has 0 aliphatic rings. The van der Waals surface area contributed by atoms with Crippen molar-refractivity contribution in [3.63, 3.8) is 0 Å². The van der Waals surface area contributed by atoms with E-state index >= 15 is 0 Å². The number of rotatable bonds is 4. The maximum absolute atomic E-state index is 6.14. The minimum absolute atomic E-state index is 0.594. The van der Waals surface area contributed by atoms with Gasteiger partial charge in [0.15, 0.2) is 11.6 Å². The van der Waals surface area contributed by atoms with E-state index in [9.17, 15) is 0 Å². The Kier molecular flexibility index (Phi) is 5.22. The molecule has 10 aromatic rings. The summed E-state index contributed by atoms with van der Waals surface area (Å²) in [6.45, 7) is 0. The van der Waals surface area contributed by atoms with Gasteiger partial charge in [-0.05, 0) is 52.2 Å². The topological polar surface area (TPSA) is 56.7 Å². The first kappa shape index (κ1) is 25.0. The molecule has 0 N–H and O–H groups in total. The number of hydrogen-bond acceptors (Lipinski definition) is 4. The van der Waals surface area contributed by atoms with Gasteiger partial charge in [-0.25, -0.2) is 4.98 Å². The average Bonchev–Trinajstić information content (AvgIpc) is 3.67. The largest absolute Gasteiger partial charge is 0.456 e. The molecule has 0 aliphatic heterocycles. The van der Waals surface area contributed by atoms with Crippen LogP contribution in [0.5, 0.6) is 0 Å². The first-order valence-corrected chi connectivity index (χ1v) is 15.4. The Morgan fingerprint density at radius 2 is 1.13 bits per heavy atom. The smallest absolute Gasteiger partial charge is 0.238 e. The molecule has 3 heterocycles. The van der Waals surface area contributed by atoms with Gasteiger partial charge in [0.2, 0.25) is 5.95 Å². The molecule has 0 fully saturated rings. The van der Waals surface area contributed by atoms with Crippen molar-refractivity contribution in [2.45, 2.75) is 0 Å². The standard InChI is InChI=1S/C41H24N4O/c1-3-10-26(11-4-1)39-42-40(27-12-5-2-6-13-27)44-41(43-39)45-33-16-9-14-25-18-20-31-29(21-22-34(45)38(31)37(25)33)28-19-23-36-32(24-28)30-15-7-8-17-35(30)46-36/h1-24H. The lowest BCUT2D eigenvalue weighted by Crippen LogP contribution is -2.06. The van der Waals surface area contributed by atoms with Crippen molar-refractivity contribution in [3.8, 4) is 39.9 Å². The fourth-order valence-corrected chi connectivity index (χ4v) is 6.95. The van der Waals surface area contributed by atoms with E-state index in [0.29, 0.717) is 17.6 Å². The Balaban J connectivity index is 1.25. The zero-order chi connectivity index (χ0) is 30.2.